The maximum absolute atomic E-state index is 9.67. The molecular formula is C5H6O2. The summed E-state index contributed by atoms with van der Waals surface area (Å²) >= 11 is 0. The van der Waals surface area contributed by atoms with Gasteiger partial charge in [-0.25, -0.2) is 0 Å². The van der Waals surface area contributed by atoms with Crippen LogP contribution in [0.2, 0.25) is 0 Å². The van der Waals surface area contributed by atoms with Crippen LogP contribution in [-0.4, -0.2) is 12.6 Å². The summed E-state index contributed by atoms with van der Waals surface area (Å²) in [4.78, 5) is 19.3. The van der Waals surface area contributed by atoms with Crippen LogP contribution in [0.25, 0.3) is 0 Å². The zero-order chi connectivity index (χ0) is 5.70. The molecule has 0 aromatic rings. The third kappa shape index (κ3) is 1.87. The minimum absolute atomic E-state index is 0.194. The maximum atomic E-state index is 9.67. The quantitative estimate of drug-likeness (QED) is 0.216. The van der Waals surface area contributed by atoms with Crippen molar-refractivity contribution in [1.82, 2.24) is 0 Å². The van der Waals surface area contributed by atoms with Gasteiger partial charge in [0.05, 0.1) is 0 Å². The van der Waals surface area contributed by atoms with E-state index in [1.165, 1.54) is 6.08 Å². The highest BCUT2D eigenvalue weighted by Gasteiger charge is 1.82. The summed E-state index contributed by atoms with van der Waals surface area (Å²) in [7, 11) is 0. The Labute approximate surface area is 41.8 Å². The van der Waals surface area contributed by atoms with Gasteiger partial charge in [0.25, 0.3) is 0 Å². The molecule has 0 N–H and O–H groups in total. The summed E-state index contributed by atoms with van der Waals surface area (Å²) in [6.45, 7) is 1.64. The lowest BCUT2D eigenvalue weighted by Gasteiger charge is -1.73. The van der Waals surface area contributed by atoms with E-state index in [1.807, 2.05) is 0 Å². The van der Waals surface area contributed by atoms with Crippen molar-refractivity contribution in [2.45, 2.75) is 6.92 Å². The highest BCUT2D eigenvalue weighted by molar-refractivity contribution is 5.98. The molecule has 0 rings (SSSR count). The first-order valence-corrected chi connectivity index (χ1v) is 1.91. The average Bonchev–Trinajstić information content (AvgIpc) is 1.72. The molecule has 0 atom stereocenters. The van der Waals surface area contributed by atoms with Gasteiger partial charge in [-0.1, -0.05) is 6.08 Å². The molecule has 0 saturated heterocycles. The fourth-order valence-electron chi connectivity index (χ4n) is 0.164. The normalized spacial score (nSPS) is 7.00. The number of rotatable bonds is 2. The number of allylic oxidation sites excluding steroid dienone is 2. The van der Waals surface area contributed by atoms with Crippen LogP contribution >= 0.6 is 0 Å². The van der Waals surface area contributed by atoms with Gasteiger partial charge >= 0.3 is 0 Å². The Morgan fingerprint density at radius 2 is 1.71 bits per heavy atom. The lowest BCUT2D eigenvalue weighted by atomic mass is 10.3. The van der Waals surface area contributed by atoms with Crippen molar-refractivity contribution >= 4 is 12.6 Å². The Balaban J connectivity index is 3.85. The second-order valence-electron chi connectivity index (χ2n) is 1.02. The van der Waals surface area contributed by atoms with E-state index in [0.717, 1.165) is 0 Å². The van der Waals surface area contributed by atoms with Crippen LogP contribution in [-0.2, 0) is 9.59 Å². The molecule has 0 bridgehead atoms. The van der Waals surface area contributed by atoms with Crippen LogP contribution in [0.3, 0.4) is 0 Å². The molecule has 0 heterocycles. The van der Waals surface area contributed by atoms with Crippen LogP contribution in [0.1, 0.15) is 6.92 Å². The van der Waals surface area contributed by atoms with E-state index in [4.69, 9.17) is 0 Å². The topological polar surface area (TPSA) is 34.1 Å². The van der Waals surface area contributed by atoms with Crippen LogP contribution in [0.15, 0.2) is 11.6 Å². The van der Waals surface area contributed by atoms with Crippen LogP contribution in [0, 0.1) is 0 Å². The fourth-order valence-corrected chi connectivity index (χ4v) is 0.164. The van der Waals surface area contributed by atoms with Gasteiger partial charge in [-0.05, 0) is 6.92 Å². The largest absolute Gasteiger partial charge is 0.298 e. The Hall–Kier alpha value is -0.920. The van der Waals surface area contributed by atoms with Gasteiger partial charge in [-0.2, -0.15) is 0 Å². The summed E-state index contributed by atoms with van der Waals surface area (Å²) in [6.07, 6.45) is 2.50. The minimum Gasteiger partial charge on any atom is -0.298 e. The van der Waals surface area contributed by atoms with Crippen molar-refractivity contribution < 1.29 is 9.59 Å². The molecular weight excluding hydrogens is 92.1 g/mol. The maximum Gasteiger partial charge on any atom is 0.152 e. The molecule has 38 valence electrons. The molecule has 0 unspecified atom stereocenters. The molecule has 2 nitrogen and oxygen atoms in total. The third-order valence-electron chi connectivity index (χ3n) is 0.605. The van der Waals surface area contributed by atoms with E-state index in [9.17, 15) is 9.59 Å². The summed E-state index contributed by atoms with van der Waals surface area (Å²) in [5.41, 5.74) is 0.194. The smallest absolute Gasteiger partial charge is 0.152 e. The summed E-state index contributed by atoms with van der Waals surface area (Å²) in [5, 5.41) is 0. The van der Waals surface area contributed by atoms with Gasteiger partial charge in [0.2, 0.25) is 0 Å². The van der Waals surface area contributed by atoms with E-state index in [0.29, 0.717) is 12.6 Å². The molecule has 2 heteroatoms. The number of hydrogen-bond donors (Lipinski definition) is 0. The molecule has 0 fully saturated rings. The Kier molecular flexibility index (Phi) is 2.85. The van der Waals surface area contributed by atoms with Crippen molar-refractivity contribution in [2.75, 3.05) is 0 Å². The summed E-state index contributed by atoms with van der Waals surface area (Å²) < 4.78 is 0. The van der Waals surface area contributed by atoms with Crippen molar-refractivity contribution in [2.24, 2.45) is 0 Å². The molecule has 0 saturated carbocycles. The van der Waals surface area contributed by atoms with Crippen LogP contribution < -0.4 is 0 Å². The van der Waals surface area contributed by atoms with E-state index in [-0.39, 0.29) is 5.57 Å². The molecule has 0 radical (unpaired) electrons. The van der Waals surface area contributed by atoms with E-state index in [2.05, 4.69) is 0 Å². The fraction of sp³-hybridized carbons (Fsp3) is 0.200. The average molecular weight is 98.1 g/mol. The number of hydrogen-bond acceptors (Lipinski definition) is 2. The first kappa shape index (κ1) is 6.08. The van der Waals surface area contributed by atoms with E-state index >= 15 is 0 Å². The van der Waals surface area contributed by atoms with Crippen LogP contribution in [0.4, 0.5) is 0 Å². The molecule has 0 aliphatic heterocycles. The number of carbonyl (C=O) groups excluding carboxylic acids is 2. The molecule has 0 aliphatic carbocycles. The standard InChI is InChI=1S/C5H6O2/c1-2-5(3-6)4-7/h2-4H,1H3. The Morgan fingerprint density at radius 3 is 1.71 bits per heavy atom. The predicted octanol–water partition coefficient (Wildman–Crippen LogP) is 0.331. The molecule has 0 amide bonds. The monoisotopic (exact) mass is 98.0 g/mol. The minimum atomic E-state index is 0.194. The van der Waals surface area contributed by atoms with Crippen molar-refractivity contribution in [3.8, 4) is 0 Å². The summed E-state index contributed by atoms with van der Waals surface area (Å²) in [6, 6.07) is 0. The Morgan fingerprint density at radius 1 is 1.29 bits per heavy atom. The second-order valence-corrected chi connectivity index (χ2v) is 1.02. The zero-order valence-electron chi connectivity index (χ0n) is 4.05. The molecule has 0 aliphatic rings. The lowest BCUT2D eigenvalue weighted by molar-refractivity contribution is -0.109. The van der Waals surface area contributed by atoms with Gasteiger partial charge in [-0.3, -0.25) is 9.59 Å². The molecule has 7 heavy (non-hydrogen) atoms. The van der Waals surface area contributed by atoms with Gasteiger partial charge < -0.3 is 0 Å². The first-order valence-electron chi connectivity index (χ1n) is 1.91. The van der Waals surface area contributed by atoms with E-state index in [1.54, 1.807) is 6.92 Å². The zero-order valence-corrected chi connectivity index (χ0v) is 4.05. The number of aldehydes is 2. The highest BCUT2D eigenvalue weighted by atomic mass is 16.1. The van der Waals surface area contributed by atoms with Crippen molar-refractivity contribution in [1.29, 1.82) is 0 Å². The van der Waals surface area contributed by atoms with Crippen molar-refractivity contribution in [3.05, 3.63) is 11.6 Å². The van der Waals surface area contributed by atoms with Gasteiger partial charge in [0.15, 0.2) is 12.6 Å². The predicted molar refractivity (Wildman–Crippen MR) is 25.9 cm³/mol. The molecule has 0 spiro atoms. The Bertz CT molecular complexity index is 92.6. The van der Waals surface area contributed by atoms with Gasteiger partial charge in [0, 0.05) is 5.57 Å². The SMILES string of the molecule is CC=C(C=O)C=O. The third-order valence-corrected chi connectivity index (χ3v) is 0.605. The van der Waals surface area contributed by atoms with Crippen LogP contribution in [0.5, 0.6) is 0 Å². The second kappa shape index (κ2) is 3.28. The van der Waals surface area contributed by atoms with Gasteiger partial charge in [-0.15, -0.1) is 0 Å². The first-order chi connectivity index (χ1) is 3.35. The lowest BCUT2D eigenvalue weighted by Crippen LogP contribution is -1.81. The molecule has 0 aromatic carbocycles. The number of carbonyl (C=O) groups is 2. The van der Waals surface area contributed by atoms with Gasteiger partial charge in [0.1, 0.15) is 0 Å². The van der Waals surface area contributed by atoms with Crippen molar-refractivity contribution in [3.63, 3.8) is 0 Å². The molecule has 0 aromatic heterocycles. The summed E-state index contributed by atoms with van der Waals surface area (Å²) in [5.74, 6) is 0. The highest BCUT2D eigenvalue weighted by Crippen LogP contribution is 1.77. The van der Waals surface area contributed by atoms with E-state index < -0.39 is 0 Å².